The van der Waals surface area contributed by atoms with Gasteiger partial charge in [-0.15, -0.1) is 0 Å². The van der Waals surface area contributed by atoms with E-state index in [1.54, 1.807) is 25.3 Å². The SMILES string of the molecule is COCCCNC(=O)C1CC(=O)N(Cc2ccccc2F)C1. The molecule has 1 aliphatic rings. The first-order valence-electron chi connectivity index (χ1n) is 7.39. The lowest BCUT2D eigenvalue weighted by Crippen LogP contribution is -2.33. The van der Waals surface area contributed by atoms with Crippen molar-refractivity contribution in [1.29, 1.82) is 0 Å². The van der Waals surface area contributed by atoms with E-state index in [9.17, 15) is 14.0 Å². The molecule has 0 aliphatic carbocycles. The molecule has 0 spiro atoms. The molecule has 1 fully saturated rings. The molecule has 0 saturated carbocycles. The molecule has 0 bridgehead atoms. The molecule has 1 N–H and O–H groups in total. The van der Waals surface area contributed by atoms with Crippen LogP contribution in [0.2, 0.25) is 0 Å². The minimum atomic E-state index is -0.359. The lowest BCUT2D eigenvalue weighted by atomic mass is 10.1. The van der Waals surface area contributed by atoms with Crippen LogP contribution in [0.25, 0.3) is 0 Å². The summed E-state index contributed by atoms with van der Waals surface area (Å²) in [4.78, 5) is 25.5. The Hall–Kier alpha value is -1.95. The Bertz CT molecular complexity index is 536. The molecule has 1 aromatic carbocycles. The topological polar surface area (TPSA) is 58.6 Å². The van der Waals surface area contributed by atoms with E-state index in [1.165, 1.54) is 11.0 Å². The Morgan fingerprint density at radius 1 is 1.45 bits per heavy atom. The van der Waals surface area contributed by atoms with E-state index in [2.05, 4.69) is 5.32 Å². The predicted molar refractivity (Wildman–Crippen MR) is 79.4 cm³/mol. The van der Waals surface area contributed by atoms with Gasteiger partial charge in [0.2, 0.25) is 11.8 Å². The van der Waals surface area contributed by atoms with Gasteiger partial charge < -0.3 is 15.0 Å². The van der Waals surface area contributed by atoms with Gasteiger partial charge in [0.1, 0.15) is 5.82 Å². The minimum absolute atomic E-state index is 0.111. The first-order valence-corrected chi connectivity index (χ1v) is 7.39. The van der Waals surface area contributed by atoms with Crippen molar-refractivity contribution in [3.8, 4) is 0 Å². The Morgan fingerprint density at radius 3 is 2.95 bits per heavy atom. The van der Waals surface area contributed by atoms with E-state index in [0.717, 1.165) is 6.42 Å². The first kappa shape index (κ1) is 16.4. The molecule has 5 nitrogen and oxygen atoms in total. The van der Waals surface area contributed by atoms with Gasteiger partial charge in [-0.25, -0.2) is 4.39 Å². The van der Waals surface area contributed by atoms with Crippen molar-refractivity contribution < 1.29 is 18.7 Å². The third-order valence-electron chi connectivity index (χ3n) is 3.73. The number of nitrogens with zero attached hydrogens (tertiary/aromatic N) is 1. The molecule has 1 atom stereocenters. The lowest BCUT2D eigenvalue weighted by Gasteiger charge is -2.17. The molecule has 22 heavy (non-hydrogen) atoms. The summed E-state index contributed by atoms with van der Waals surface area (Å²) >= 11 is 0. The van der Waals surface area contributed by atoms with E-state index < -0.39 is 0 Å². The molecule has 1 saturated heterocycles. The number of carbonyl (C=O) groups is 2. The van der Waals surface area contributed by atoms with Crippen LogP contribution < -0.4 is 5.32 Å². The largest absolute Gasteiger partial charge is 0.385 e. The van der Waals surface area contributed by atoms with E-state index in [-0.39, 0.29) is 36.5 Å². The number of ether oxygens (including phenoxy) is 1. The lowest BCUT2D eigenvalue weighted by molar-refractivity contribution is -0.129. The third-order valence-corrected chi connectivity index (χ3v) is 3.73. The number of carbonyl (C=O) groups excluding carboxylic acids is 2. The molecule has 1 aromatic rings. The van der Waals surface area contributed by atoms with Crippen molar-refractivity contribution >= 4 is 11.8 Å². The zero-order valence-electron chi connectivity index (χ0n) is 12.7. The van der Waals surface area contributed by atoms with Gasteiger partial charge in [-0.2, -0.15) is 0 Å². The van der Waals surface area contributed by atoms with E-state index >= 15 is 0 Å². The summed E-state index contributed by atoms with van der Waals surface area (Å²) in [6, 6.07) is 6.37. The van der Waals surface area contributed by atoms with Gasteiger partial charge in [0, 0.05) is 45.3 Å². The Morgan fingerprint density at radius 2 is 2.23 bits per heavy atom. The molecule has 0 aromatic heterocycles. The molecular formula is C16H21FN2O3. The van der Waals surface area contributed by atoms with Crippen molar-refractivity contribution in [3.05, 3.63) is 35.6 Å². The molecule has 1 unspecified atom stereocenters. The van der Waals surface area contributed by atoms with E-state index in [0.29, 0.717) is 25.3 Å². The maximum absolute atomic E-state index is 13.6. The Kier molecular flexibility index (Phi) is 5.89. The summed E-state index contributed by atoms with van der Waals surface area (Å²) in [5.74, 6) is -0.926. The highest BCUT2D eigenvalue weighted by molar-refractivity contribution is 5.89. The second-order valence-corrected chi connectivity index (χ2v) is 5.40. The van der Waals surface area contributed by atoms with Gasteiger partial charge in [0.05, 0.1) is 5.92 Å². The standard InChI is InChI=1S/C16H21FN2O3/c1-22-8-4-7-18-16(21)13-9-15(20)19(11-13)10-12-5-2-3-6-14(12)17/h2-3,5-6,13H,4,7-11H2,1H3,(H,18,21). The molecule has 120 valence electrons. The maximum Gasteiger partial charge on any atom is 0.225 e. The number of benzene rings is 1. The molecule has 1 aliphatic heterocycles. The van der Waals surface area contributed by atoms with Crippen LogP contribution >= 0.6 is 0 Å². The summed E-state index contributed by atoms with van der Waals surface area (Å²) in [6.07, 6.45) is 0.923. The second kappa shape index (κ2) is 7.89. The number of halogens is 1. The highest BCUT2D eigenvalue weighted by Gasteiger charge is 2.34. The summed E-state index contributed by atoms with van der Waals surface area (Å²) < 4.78 is 18.5. The summed E-state index contributed by atoms with van der Waals surface area (Å²) in [7, 11) is 1.61. The molecular weight excluding hydrogens is 287 g/mol. The fourth-order valence-electron chi connectivity index (χ4n) is 2.51. The van der Waals surface area contributed by atoms with Crippen LogP contribution in [0.3, 0.4) is 0 Å². The fraction of sp³-hybridized carbons (Fsp3) is 0.500. The molecule has 1 heterocycles. The molecule has 6 heteroatoms. The van der Waals surface area contributed by atoms with E-state index in [4.69, 9.17) is 4.74 Å². The predicted octanol–water partition coefficient (Wildman–Crippen LogP) is 1.33. The van der Waals surface area contributed by atoms with Gasteiger partial charge in [-0.1, -0.05) is 18.2 Å². The van der Waals surface area contributed by atoms with Crippen LogP contribution in [0.4, 0.5) is 4.39 Å². The van der Waals surface area contributed by atoms with Crippen molar-refractivity contribution in [2.24, 2.45) is 5.92 Å². The van der Waals surface area contributed by atoms with Crippen molar-refractivity contribution in [3.63, 3.8) is 0 Å². The molecule has 2 rings (SSSR count). The highest BCUT2D eigenvalue weighted by atomic mass is 19.1. The van der Waals surface area contributed by atoms with Crippen LogP contribution in [0.15, 0.2) is 24.3 Å². The van der Waals surface area contributed by atoms with Gasteiger partial charge in [0.15, 0.2) is 0 Å². The first-order chi connectivity index (χ1) is 10.6. The van der Waals surface area contributed by atoms with Crippen LogP contribution in [0, 0.1) is 11.7 Å². The van der Waals surface area contributed by atoms with Crippen molar-refractivity contribution in [1.82, 2.24) is 10.2 Å². The number of hydrogen-bond acceptors (Lipinski definition) is 3. The normalized spacial score (nSPS) is 17.8. The molecule has 2 amide bonds. The Labute approximate surface area is 129 Å². The maximum atomic E-state index is 13.6. The summed E-state index contributed by atoms with van der Waals surface area (Å²) in [5, 5.41) is 2.80. The van der Waals surface area contributed by atoms with E-state index in [1.807, 2.05) is 0 Å². The van der Waals surface area contributed by atoms with Gasteiger partial charge in [-0.3, -0.25) is 9.59 Å². The summed E-state index contributed by atoms with van der Waals surface area (Å²) in [6.45, 7) is 1.66. The zero-order chi connectivity index (χ0) is 15.9. The number of amides is 2. The fourth-order valence-corrected chi connectivity index (χ4v) is 2.51. The number of methoxy groups -OCH3 is 1. The van der Waals surface area contributed by atoms with Crippen molar-refractivity contribution in [2.75, 3.05) is 26.8 Å². The van der Waals surface area contributed by atoms with Gasteiger partial charge in [-0.05, 0) is 12.5 Å². The van der Waals surface area contributed by atoms with Crippen LogP contribution in [0.1, 0.15) is 18.4 Å². The van der Waals surface area contributed by atoms with Crippen LogP contribution in [0.5, 0.6) is 0 Å². The van der Waals surface area contributed by atoms with Crippen LogP contribution in [-0.4, -0.2) is 43.5 Å². The number of rotatable bonds is 7. The molecule has 0 radical (unpaired) electrons. The minimum Gasteiger partial charge on any atom is -0.385 e. The van der Waals surface area contributed by atoms with Crippen molar-refractivity contribution in [2.45, 2.75) is 19.4 Å². The number of likely N-dealkylation sites (tertiary alicyclic amines) is 1. The third kappa shape index (κ3) is 4.27. The average Bonchev–Trinajstić information content (AvgIpc) is 2.87. The zero-order valence-corrected chi connectivity index (χ0v) is 12.7. The summed E-state index contributed by atoms with van der Waals surface area (Å²) in [5.41, 5.74) is 0.469. The number of hydrogen-bond donors (Lipinski definition) is 1. The quantitative estimate of drug-likeness (QED) is 0.773. The van der Waals surface area contributed by atoms with Crippen LogP contribution in [-0.2, 0) is 20.9 Å². The monoisotopic (exact) mass is 308 g/mol. The van der Waals surface area contributed by atoms with Gasteiger partial charge in [0.25, 0.3) is 0 Å². The average molecular weight is 308 g/mol. The highest BCUT2D eigenvalue weighted by Crippen LogP contribution is 2.21. The smallest absolute Gasteiger partial charge is 0.225 e. The van der Waals surface area contributed by atoms with Gasteiger partial charge >= 0.3 is 0 Å². The number of nitrogens with one attached hydrogen (secondary N) is 1. The second-order valence-electron chi connectivity index (χ2n) is 5.40. The Balaban J connectivity index is 1.85.